The molecule has 0 aliphatic rings. The second-order valence-corrected chi connectivity index (χ2v) is 4.50. The zero-order valence-electron chi connectivity index (χ0n) is 8.33. The maximum atomic E-state index is 10.0. The first-order valence-corrected chi connectivity index (χ1v) is 5.56. The molecule has 0 amide bonds. The van der Waals surface area contributed by atoms with Crippen LogP contribution >= 0.6 is 15.9 Å². The van der Waals surface area contributed by atoms with Crippen LogP contribution in [0.3, 0.4) is 0 Å². The van der Waals surface area contributed by atoms with Crippen molar-refractivity contribution in [2.24, 2.45) is 5.73 Å². The fourth-order valence-electron chi connectivity index (χ4n) is 1.37. The van der Waals surface area contributed by atoms with Crippen LogP contribution < -0.4 is 5.73 Å². The van der Waals surface area contributed by atoms with E-state index in [1.807, 2.05) is 31.2 Å². The van der Waals surface area contributed by atoms with Crippen molar-refractivity contribution in [3.63, 3.8) is 0 Å². The van der Waals surface area contributed by atoms with Gasteiger partial charge in [-0.15, -0.1) is 0 Å². The first-order valence-electron chi connectivity index (χ1n) is 4.76. The van der Waals surface area contributed by atoms with Crippen LogP contribution in [0.4, 0.5) is 0 Å². The number of nitrogens with two attached hydrogens (primary N) is 1. The molecule has 2 nitrogen and oxygen atoms in total. The number of benzene rings is 1. The Bertz CT molecular complexity index is 297. The van der Waals surface area contributed by atoms with Gasteiger partial charge in [-0.3, -0.25) is 0 Å². The van der Waals surface area contributed by atoms with E-state index in [2.05, 4.69) is 15.9 Å². The zero-order valence-corrected chi connectivity index (χ0v) is 9.92. The lowest BCUT2D eigenvalue weighted by Crippen LogP contribution is -2.39. The summed E-state index contributed by atoms with van der Waals surface area (Å²) in [4.78, 5) is 0. The summed E-state index contributed by atoms with van der Waals surface area (Å²) >= 11 is 3.40. The first-order chi connectivity index (χ1) is 6.59. The number of rotatable bonds is 4. The molecule has 0 aliphatic carbocycles. The maximum Gasteiger partial charge on any atom is 0.0806 e. The van der Waals surface area contributed by atoms with Gasteiger partial charge in [0.2, 0.25) is 0 Å². The summed E-state index contributed by atoms with van der Waals surface area (Å²) in [5, 5.41) is 10.0. The van der Waals surface area contributed by atoms with Crippen LogP contribution in [0, 0.1) is 0 Å². The second kappa shape index (κ2) is 4.91. The number of halogens is 1. The van der Waals surface area contributed by atoms with E-state index < -0.39 is 5.60 Å². The molecule has 0 saturated heterocycles. The van der Waals surface area contributed by atoms with Gasteiger partial charge in [0.15, 0.2) is 0 Å². The van der Waals surface area contributed by atoms with Crippen LogP contribution in [0.1, 0.15) is 18.9 Å². The fraction of sp³-hybridized carbons (Fsp3) is 0.455. The van der Waals surface area contributed by atoms with Crippen molar-refractivity contribution in [1.29, 1.82) is 0 Å². The molecule has 0 saturated carbocycles. The summed E-state index contributed by atoms with van der Waals surface area (Å²) in [5.41, 5.74) is 5.88. The first kappa shape index (κ1) is 11.7. The van der Waals surface area contributed by atoms with E-state index in [-0.39, 0.29) is 0 Å². The minimum atomic E-state index is -0.763. The van der Waals surface area contributed by atoms with Gasteiger partial charge in [0.05, 0.1) is 5.60 Å². The molecule has 0 aliphatic heterocycles. The van der Waals surface area contributed by atoms with E-state index in [1.165, 1.54) is 0 Å². The average molecular weight is 258 g/mol. The van der Waals surface area contributed by atoms with Crippen LogP contribution in [-0.2, 0) is 6.42 Å². The molecule has 0 heterocycles. The van der Waals surface area contributed by atoms with Crippen molar-refractivity contribution in [3.05, 3.63) is 34.3 Å². The highest BCUT2D eigenvalue weighted by atomic mass is 79.9. The smallest absolute Gasteiger partial charge is 0.0806 e. The topological polar surface area (TPSA) is 46.2 Å². The Balaban J connectivity index is 2.77. The molecule has 3 heteroatoms. The molecular weight excluding hydrogens is 242 g/mol. The predicted octanol–water partition coefficient (Wildman–Crippen LogP) is 2.09. The second-order valence-electron chi connectivity index (χ2n) is 3.59. The van der Waals surface area contributed by atoms with Gasteiger partial charge >= 0.3 is 0 Å². The lowest BCUT2D eigenvalue weighted by atomic mass is 9.92. The minimum Gasteiger partial charge on any atom is -0.388 e. The van der Waals surface area contributed by atoms with Crippen molar-refractivity contribution in [2.45, 2.75) is 25.4 Å². The van der Waals surface area contributed by atoms with E-state index in [0.717, 1.165) is 10.0 Å². The Morgan fingerprint density at radius 3 is 2.71 bits per heavy atom. The number of aliphatic hydroxyl groups is 1. The van der Waals surface area contributed by atoms with Crippen LogP contribution in [0.5, 0.6) is 0 Å². The highest BCUT2D eigenvalue weighted by Gasteiger charge is 2.22. The van der Waals surface area contributed by atoms with Crippen molar-refractivity contribution in [2.75, 3.05) is 6.54 Å². The van der Waals surface area contributed by atoms with E-state index in [0.29, 0.717) is 19.4 Å². The van der Waals surface area contributed by atoms with Crippen LogP contribution in [-0.4, -0.2) is 17.3 Å². The monoisotopic (exact) mass is 257 g/mol. The van der Waals surface area contributed by atoms with Crippen LogP contribution in [0.2, 0.25) is 0 Å². The highest BCUT2D eigenvalue weighted by molar-refractivity contribution is 9.10. The third-order valence-corrected chi connectivity index (χ3v) is 2.95. The standard InChI is InChI=1S/C11H16BrNO/c1-2-11(14,8-13)7-9-4-3-5-10(12)6-9/h3-6,14H,2,7-8,13H2,1H3. The molecule has 1 aromatic carbocycles. The minimum absolute atomic E-state index is 0.302. The SMILES string of the molecule is CCC(O)(CN)Cc1cccc(Br)c1. The normalized spacial score (nSPS) is 15.1. The van der Waals surface area contributed by atoms with Gasteiger partial charge in [-0.1, -0.05) is 35.0 Å². The molecule has 1 rings (SSSR count). The Morgan fingerprint density at radius 2 is 2.21 bits per heavy atom. The van der Waals surface area contributed by atoms with Crippen LogP contribution in [0.25, 0.3) is 0 Å². The van der Waals surface area contributed by atoms with Gasteiger partial charge in [0.1, 0.15) is 0 Å². The fourth-order valence-corrected chi connectivity index (χ4v) is 1.82. The zero-order chi connectivity index (χ0) is 10.6. The largest absolute Gasteiger partial charge is 0.388 e. The molecule has 0 radical (unpaired) electrons. The molecular formula is C11H16BrNO. The summed E-state index contributed by atoms with van der Waals surface area (Å²) in [5.74, 6) is 0. The quantitative estimate of drug-likeness (QED) is 0.868. The maximum absolute atomic E-state index is 10.0. The molecule has 3 N–H and O–H groups in total. The summed E-state index contributed by atoms with van der Waals surface area (Å²) in [6.07, 6.45) is 1.29. The Morgan fingerprint density at radius 1 is 1.50 bits per heavy atom. The van der Waals surface area contributed by atoms with Gasteiger partial charge in [0.25, 0.3) is 0 Å². The highest BCUT2D eigenvalue weighted by Crippen LogP contribution is 2.19. The molecule has 14 heavy (non-hydrogen) atoms. The summed E-state index contributed by atoms with van der Waals surface area (Å²) in [7, 11) is 0. The molecule has 0 spiro atoms. The predicted molar refractivity (Wildman–Crippen MR) is 62.1 cm³/mol. The Labute approximate surface area is 93.3 Å². The number of hydrogen-bond donors (Lipinski definition) is 2. The average Bonchev–Trinajstić information content (AvgIpc) is 2.18. The van der Waals surface area contributed by atoms with Crippen molar-refractivity contribution < 1.29 is 5.11 Å². The molecule has 0 bridgehead atoms. The lowest BCUT2D eigenvalue weighted by molar-refractivity contribution is 0.0456. The third kappa shape index (κ3) is 3.08. The van der Waals surface area contributed by atoms with Crippen molar-refractivity contribution in [3.8, 4) is 0 Å². The Hall–Kier alpha value is -0.380. The van der Waals surface area contributed by atoms with E-state index >= 15 is 0 Å². The molecule has 1 aromatic rings. The summed E-state index contributed by atoms with van der Waals surface area (Å²) < 4.78 is 1.03. The van der Waals surface area contributed by atoms with Crippen LogP contribution in [0.15, 0.2) is 28.7 Å². The lowest BCUT2D eigenvalue weighted by Gasteiger charge is -2.24. The van der Waals surface area contributed by atoms with Gasteiger partial charge in [-0.05, 0) is 24.1 Å². The molecule has 0 aromatic heterocycles. The Kier molecular flexibility index (Phi) is 4.11. The molecule has 1 atom stereocenters. The van der Waals surface area contributed by atoms with Gasteiger partial charge < -0.3 is 10.8 Å². The van der Waals surface area contributed by atoms with E-state index in [9.17, 15) is 5.11 Å². The van der Waals surface area contributed by atoms with Gasteiger partial charge in [-0.2, -0.15) is 0 Å². The third-order valence-electron chi connectivity index (χ3n) is 2.46. The molecule has 78 valence electrons. The van der Waals surface area contributed by atoms with Crippen molar-refractivity contribution >= 4 is 15.9 Å². The molecule has 1 unspecified atom stereocenters. The van der Waals surface area contributed by atoms with Crippen molar-refractivity contribution in [1.82, 2.24) is 0 Å². The summed E-state index contributed by atoms with van der Waals surface area (Å²) in [6, 6.07) is 7.94. The van der Waals surface area contributed by atoms with Gasteiger partial charge in [-0.25, -0.2) is 0 Å². The van der Waals surface area contributed by atoms with E-state index in [1.54, 1.807) is 0 Å². The van der Waals surface area contributed by atoms with Gasteiger partial charge in [0, 0.05) is 17.4 Å². The number of hydrogen-bond acceptors (Lipinski definition) is 2. The molecule has 0 fully saturated rings. The summed E-state index contributed by atoms with van der Waals surface area (Å²) in [6.45, 7) is 2.25. The van der Waals surface area contributed by atoms with E-state index in [4.69, 9.17) is 5.73 Å².